The van der Waals surface area contributed by atoms with Crippen LogP contribution in [0.1, 0.15) is 39.5 Å². The van der Waals surface area contributed by atoms with Gasteiger partial charge < -0.3 is 15.4 Å². The van der Waals surface area contributed by atoms with E-state index in [1.54, 1.807) is 4.90 Å². The van der Waals surface area contributed by atoms with Crippen molar-refractivity contribution in [3.8, 4) is 0 Å². The molecule has 1 aliphatic heterocycles. The van der Waals surface area contributed by atoms with Gasteiger partial charge in [0.2, 0.25) is 0 Å². The monoisotopic (exact) mass is 212 g/mol. The normalized spacial score (nSPS) is 25.9. The van der Waals surface area contributed by atoms with E-state index in [0.29, 0.717) is 12.3 Å². The van der Waals surface area contributed by atoms with Crippen molar-refractivity contribution in [2.75, 3.05) is 6.54 Å². The van der Waals surface area contributed by atoms with Crippen LogP contribution in [0.15, 0.2) is 0 Å². The first-order valence-electron chi connectivity index (χ1n) is 5.55. The van der Waals surface area contributed by atoms with Crippen LogP contribution in [0.4, 0.5) is 4.79 Å². The molecule has 4 heteroatoms. The number of rotatable bonds is 4. The molecule has 86 valence electrons. The summed E-state index contributed by atoms with van der Waals surface area (Å²) in [7, 11) is 0. The number of carbonyl (C=O) groups excluding carboxylic acids is 2. The van der Waals surface area contributed by atoms with Crippen LogP contribution in [0.5, 0.6) is 0 Å². The van der Waals surface area contributed by atoms with Crippen molar-refractivity contribution in [1.82, 2.24) is 4.90 Å². The number of primary amides is 1. The van der Waals surface area contributed by atoms with Crippen molar-refractivity contribution < 1.29 is 9.59 Å². The van der Waals surface area contributed by atoms with Gasteiger partial charge in [-0.3, -0.25) is 0 Å². The minimum atomic E-state index is -0.355. The highest BCUT2D eigenvalue weighted by Gasteiger charge is 2.44. The lowest BCUT2D eigenvalue weighted by molar-refractivity contribution is -0.108. The molecule has 15 heavy (non-hydrogen) atoms. The zero-order valence-electron chi connectivity index (χ0n) is 9.53. The molecule has 1 aliphatic rings. The first kappa shape index (κ1) is 12.0. The van der Waals surface area contributed by atoms with Crippen LogP contribution in [0, 0.1) is 5.92 Å². The van der Waals surface area contributed by atoms with E-state index >= 15 is 0 Å². The van der Waals surface area contributed by atoms with Gasteiger partial charge in [0.25, 0.3) is 0 Å². The first-order valence-corrected chi connectivity index (χ1v) is 5.55. The van der Waals surface area contributed by atoms with Crippen molar-refractivity contribution in [3.63, 3.8) is 0 Å². The SMILES string of the molecule is CC(C)C1(CCC=O)CCCN1C(N)=O. The van der Waals surface area contributed by atoms with Crippen LogP contribution in [0.3, 0.4) is 0 Å². The van der Waals surface area contributed by atoms with Crippen LogP contribution in [0.2, 0.25) is 0 Å². The summed E-state index contributed by atoms with van der Waals surface area (Å²) in [4.78, 5) is 23.6. The Balaban J connectivity index is 2.87. The van der Waals surface area contributed by atoms with Gasteiger partial charge in [0.05, 0.1) is 0 Å². The van der Waals surface area contributed by atoms with Crippen LogP contribution < -0.4 is 5.73 Å². The molecular weight excluding hydrogens is 192 g/mol. The fourth-order valence-electron chi connectivity index (χ4n) is 2.69. The molecule has 2 amide bonds. The summed E-state index contributed by atoms with van der Waals surface area (Å²) in [5.74, 6) is 0.340. The van der Waals surface area contributed by atoms with Crippen molar-refractivity contribution in [2.24, 2.45) is 11.7 Å². The third-order valence-electron chi connectivity index (χ3n) is 3.56. The summed E-state index contributed by atoms with van der Waals surface area (Å²) in [6, 6.07) is -0.355. The van der Waals surface area contributed by atoms with Crippen LogP contribution >= 0.6 is 0 Å². The van der Waals surface area contributed by atoms with Crippen molar-refractivity contribution in [3.05, 3.63) is 0 Å². The Morgan fingerprint density at radius 2 is 2.27 bits per heavy atom. The second-order valence-electron chi connectivity index (χ2n) is 4.56. The first-order chi connectivity index (χ1) is 7.04. The second-order valence-corrected chi connectivity index (χ2v) is 4.56. The molecule has 1 rings (SSSR count). The molecule has 0 spiro atoms. The Labute approximate surface area is 90.8 Å². The molecule has 1 heterocycles. The molecular formula is C11H20N2O2. The zero-order valence-corrected chi connectivity index (χ0v) is 9.53. The summed E-state index contributed by atoms with van der Waals surface area (Å²) >= 11 is 0. The summed E-state index contributed by atoms with van der Waals surface area (Å²) in [6.07, 6.45) is 4.10. The average Bonchev–Trinajstić information content (AvgIpc) is 2.59. The van der Waals surface area contributed by atoms with Crippen molar-refractivity contribution in [1.29, 1.82) is 0 Å². The fourth-order valence-corrected chi connectivity index (χ4v) is 2.69. The van der Waals surface area contributed by atoms with Gasteiger partial charge in [-0.05, 0) is 25.2 Å². The number of urea groups is 1. The summed E-state index contributed by atoms with van der Waals surface area (Å²) < 4.78 is 0. The predicted octanol–water partition coefficient (Wildman–Crippen LogP) is 1.53. The molecule has 1 atom stereocenters. The molecule has 0 bridgehead atoms. The number of nitrogens with zero attached hydrogens (tertiary/aromatic N) is 1. The number of nitrogens with two attached hydrogens (primary N) is 1. The van der Waals surface area contributed by atoms with E-state index < -0.39 is 0 Å². The van der Waals surface area contributed by atoms with Gasteiger partial charge in [-0.2, -0.15) is 0 Å². The standard InChI is InChI=1S/C11H20N2O2/c1-9(2)11(6-4-8-14)5-3-7-13(11)10(12)15/h8-9H,3-7H2,1-2H3,(H2,12,15). The van der Waals surface area contributed by atoms with Gasteiger partial charge in [-0.25, -0.2) is 4.79 Å². The van der Waals surface area contributed by atoms with Crippen molar-refractivity contribution >= 4 is 12.3 Å². The molecule has 0 aromatic carbocycles. The lowest BCUT2D eigenvalue weighted by Crippen LogP contribution is -2.53. The molecule has 0 saturated carbocycles. The maximum atomic E-state index is 11.3. The van der Waals surface area contributed by atoms with Gasteiger partial charge in [0, 0.05) is 18.5 Å². The largest absolute Gasteiger partial charge is 0.351 e. The number of amides is 2. The highest BCUT2D eigenvalue weighted by Crippen LogP contribution is 2.39. The van der Waals surface area contributed by atoms with Gasteiger partial charge >= 0.3 is 6.03 Å². The lowest BCUT2D eigenvalue weighted by Gasteiger charge is -2.41. The summed E-state index contributed by atoms with van der Waals surface area (Å²) in [5, 5.41) is 0. The molecule has 0 aromatic heterocycles. The van der Waals surface area contributed by atoms with Crippen molar-refractivity contribution in [2.45, 2.75) is 45.1 Å². The molecule has 1 unspecified atom stereocenters. The topological polar surface area (TPSA) is 63.4 Å². The molecule has 0 radical (unpaired) electrons. The maximum absolute atomic E-state index is 11.3. The van der Waals surface area contributed by atoms with Gasteiger partial charge in [0.15, 0.2) is 0 Å². The average molecular weight is 212 g/mol. The fraction of sp³-hybridized carbons (Fsp3) is 0.818. The zero-order chi connectivity index (χ0) is 11.5. The predicted molar refractivity (Wildman–Crippen MR) is 58.4 cm³/mol. The van der Waals surface area contributed by atoms with Gasteiger partial charge in [-0.1, -0.05) is 13.8 Å². The quantitative estimate of drug-likeness (QED) is 0.718. The smallest absolute Gasteiger partial charge is 0.315 e. The number of aldehydes is 1. The molecule has 2 N–H and O–H groups in total. The summed E-state index contributed by atoms with van der Waals surface area (Å²) in [6.45, 7) is 4.91. The molecule has 0 aliphatic carbocycles. The van der Waals surface area contributed by atoms with Gasteiger partial charge in [0.1, 0.15) is 6.29 Å². The number of carbonyl (C=O) groups is 2. The number of hydrogen-bond donors (Lipinski definition) is 1. The second kappa shape index (κ2) is 4.64. The van der Waals surface area contributed by atoms with Crippen LogP contribution in [-0.2, 0) is 4.79 Å². The highest BCUT2D eigenvalue weighted by molar-refractivity contribution is 5.73. The Bertz CT molecular complexity index is 253. The van der Waals surface area contributed by atoms with E-state index in [0.717, 1.165) is 32.1 Å². The minimum Gasteiger partial charge on any atom is -0.351 e. The van der Waals surface area contributed by atoms with E-state index in [4.69, 9.17) is 5.73 Å². The van der Waals surface area contributed by atoms with E-state index in [-0.39, 0.29) is 11.6 Å². The Morgan fingerprint density at radius 1 is 1.60 bits per heavy atom. The van der Waals surface area contributed by atoms with Crippen LogP contribution in [-0.4, -0.2) is 29.3 Å². The molecule has 4 nitrogen and oxygen atoms in total. The van der Waals surface area contributed by atoms with Crippen LogP contribution in [0.25, 0.3) is 0 Å². The maximum Gasteiger partial charge on any atom is 0.315 e. The minimum absolute atomic E-state index is 0.188. The van der Waals surface area contributed by atoms with E-state index in [2.05, 4.69) is 13.8 Å². The lowest BCUT2D eigenvalue weighted by atomic mass is 9.80. The third-order valence-corrected chi connectivity index (χ3v) is 3.56. The Kier molecular flexibility index (Phi) is 3.72. The Morgan fingerprint density at radius 3 is 2.73 bits per heavy atom. The van der Waals surface area contributed by atoms with E-state index in [1.165, 1.54) is 0 Å². The van der Waals surface area contributed by atoms with E-state index in [9.17, 15) is 9.59 Å². The van der Waals surface area contributed by atoms with E-state index in [1.807, 2.05) is 0 Å². The third kappa shape index (κ3) is 2.13. The molecule has 1 saturated heterocycles. The number of hydrogen-bond acceptors (Lipinski definition) is 2. The molecule has 1 fully saturated rings. The highest BCUT2D eigenvalue weighted by atomic mass is 16.2. The molecule has 0 aromatic rings. The summed E-state index contributed by atoms with van der Waals surface area (Å²) in [5.41, 5.74) is 5.19. The Hall–Kier alpha value is -1.06. The number of likely N-dealkylation sites (tertiary alicyclic amines) is 1. The van der Waals surface area contributed by atoms with Gasteiger partial charge in [-0.15, -0.1) is 0 Å².